The third-order valence-corrected chi connectivity index (χ3v) is 5.30. The first kappa shape index (κ1) is 20.7. The molecule has 1 saturated carbocycles. The molecule has 2 aromatic carbocycles. The Bertz CT molecular complexity index is 1170. The van der Waals surface area contributed by atoms with Crippen molar-refractivity contribution in [1.82, 2.24) is 15.1 Å². The minimum atomic E-state index is -0.378. The van der Waals surface area contributed by atoms with Crippen LogP contribution in [-0.4, -0.2) is 33.4 Å². The molecule has 3 N–H and O–H groups in total. The predicted octanol–water partition coefficient (Wildman–Crippen LogP) is 4.78. The van der Waals surface area contributed by atoms with Gasteiger partial charge in [0.1, 0.15) is 5.75 Å². The van der Waals surface area contributed by atoms with Crippen molar-refractivity contribution in [3.8, 4) is 17.0 Å². The van der Waals surface area contributed by atoms with E-state index in [-0.39, 0.29) is 23.6 Å². The Morgan fingerprint density at radius 2 is 2.00 bits per heavy atom. The van der Waals surface area contributed by atoms with Gasteiger partial charge in [-0.15, -0.1) is 6.58 Å². The third-order valence-electron chi connectivity index (χ3n) is 4.97. The summed E-state index contributed by atoms with van der Waals surface area (Å²) in [5.74, 6) is -0.153. The molecule has 158 valence electrons. The largest absolute Gasteiger partial charge is 0.507 e. The number of hydrogen-bond donors (Lipinski definition) is 3. The lowest BCUT2D eigenvalue weighted by molar-refractivity contribution is 0.102. The number of nitrogens with one attached hydrogen (secondary N) is 2. The fourth-order valence-electron chi connectivity index (χ4n) is 3.26. The first-order chi connectivity index (χ1) is 15.0. The van der Waals surface area contributed by atoms with Crippen LogP contribution in [0.3, 0.4) is 0 Å². The molecule has 0 saturated heterocycles. The summed E-state index contributed by atoms with van der Waals surface area (Å²) in [5.41, 5.74) is 2.51. The Hall–Kier alpha value is -3.58. The van der Waals surface area contributed by atoms with E-state index in [1.165, 1.54) is 10.7 Å². The van der Waals surface area contributed by atoms with Crippen LogP contribution in [0.15, 0.2) is 61.2 Å². The fraction of sp³-hybridized carbons (Fsp3) is 0.174. The summed E-state index contributed by atoms with van der Waals surface area (Å²) in [5, 5.41) is 20.8. The van der Waals surface area contributed by atoms with Gasteiger partial charge in [0.2, 0.25) is 0 Å². The van der Waals surface area contributed by atoms with E-state index in [0.717, 1.165) is 18.5 Å². The Morgan fingerprint density at radius 1 is 1.23 bits per heavy atom. The molecule has 0 radical (unpaired) electrons. The lowest BCUT2D eigenvalue weighted by atomic mass is 10.1. The zero-order chi connectivity index (χ0) is 22.0. The highest BCUT2D eigenvalue weighted by atomic mass is 35.5. The van der Waals surface area contributed by atoms with Crippen LogP contribution < -0.4 is 10.6 Å². The lowest BCUT2D eigenvalue weighted by Gasteiger charge is -2.09. The Morgan fingerprint density at radius 3 is 2.68 bits per heavy atom. The van der Waals surface area contributed by atoms with Gasteiger partial charge in [-0.25, -0.2) is 4.79 Å². The molecule has 3 aromatic rings. The lowest BCUT2D eigenvalue weighted by Crippen LogP contribution is -2.30. The minimum absolute atomic E-state index is 0.0598. The second kappa shape index (κ2) is 8.65. The fourth-order valence-corrected chi connectivity index (χ4v) is 3.49. The molecule has 7 nitrogen and oxygen atoms in total. The van der Waals surface area contributed by atoms with Gasteiger partial charge < -0.3 is 15.7 Å². The number of phenols is 1. The number of aromatic nitrogens is 2. The normalized spacial score (nSPS) is 12.9. The number of halogens is 1. The number of aromatic hydroxyl groups is 1. The van der Waals surface area contributed by atoms with Crippen LogP contribution in [0.2, 0.25) is 5.02 Å². The summed E-state index contributed by atoms with van der Waals surface area (Å²) in [4.78, 5) is 24.9. The van der Waals surface area contributed by atoms with E-state index in [0.29, 0.717) is 34.1 Å². The molecule has 1 fully saturated rings. The van der Waals surface area contributed by atoms with Gasteiger partial charge in [-0.1, -0.05) is 29.8 Å². The zero-order valence-corrected chi connectivity index (χ0v) is 17.4. The van der Waals surface area contributed by atoms with Crippen molar-refractivity contribution in [3.05, 3.63) is 77.5 Å². The van der Waals surface area contributed by atoms with E-state index in [1.54, 1.807) is 42.5 Å². The average Bonchev–Trinajstić information content (AvgIpc) is 3.51. The molecule has 0 unspecified atom stereocenters. The maximum atomic E-state index is 12.4. The molecular formula is C23H21ClN4O3. The van der Waals surface area contributed by atoms with Crippen molar-refractivity contribution < 1.29 is 14.7 Å². The van der Waals surface area contributed by atoms with Crippen LogP contribution in [-0.2, 0) is 0 Å². The van der Waals surface area contributed by atoms with Gasteiger partial charge in [-0.3, -0.25) is 4.79 Å². The number of benzene rings is 2. The summed E-state index contributed by atoms with van der Waals surface area (Å²) in [7, 11) is 0. The van der Waals surface area contributed by atoms with Crippen LogP contribution in [0.25, 0.3) is 11.3 Å². The predicted molar refractivity (Wildman–Crippen MR) is 120 cm³/mol. The van der Waals surface area contributed by atoms with E-state index in [9.17, 15) is 14.7 Å². The number of anilines is 1. The van der Waals surface area contributed by atoms with Crippen LogP contribution in [0.1, 0.15) is 34.8 Å². The van der Waals surface area contributed by atoms with E-state index >= 15 is 0 Å². The topological polar surface area (TPSA) is 96.3 Å². The molecule has 1 aliphatic rings. The zero-order valence-electron chi connectivity index (χ0n) is 16.6. The molecular weight excluding hydrogens is 416 g/mol. The highest BCUT2D eigenvalue weighted by Crippen LogP contribution is 2.42. The minimum Gasteiger partial charge on any atom is -0.507 e. The van der Waals surface area contributed by atoms with Gasteiger partial charge in [0.05, 0.1) is 22.0 Å². The van der Waals surface area contributed by atoms with E-state index in [1.807, 2.05) is 6.07 Å². The summed E-state index contributed by atoms with van der Waals surface area (Å²) in [6.07, 6.45) is 3.60. The van der Waals surface area contributed by atoms with Gasteiger partial charge in [0, 0.05) is 29.8 Å². The van der Waals surface area contributed by atoms with Crippen LogP contribution in [0.4, 0.5) is 10.5 Å². The highest BCUT2D eigenvalue weighted by Gasteiger charge is 2.30. The van der Waals surface area contributed by atoms with Gasteiger partial charge in [0.25, 0.3) is 5.91 Å². The number of amides is 2. The smallest absolute Gasteiger partial charge is 0.342 e. The average molecular weight is 437 g/mol. The monoisotopic (exact) mass is 436 g/mol. The van der Waals surface area contributed by atoms with E-state index < -0.39 is 0 Å². The van der Waals surface area contributed by atoms with Gasteiger partial charge in [-0.05, 0) is 43.2 Å². The molecule has 4 rings (SSSR count). The van der Waals surface area contributed by atoms with Crippen LogP contribution in [0, 0.1) is 0 Å². The number of phenolic OH excluding ortho intramolecular Hbond substituents is 1. The Labute approximate surface area is 184 Å². The Kier molecular flexibility index (Phi) is 5.77. The summed E-state index contributed by atoms with van der Waals surface area (Å²) >= 11 is 6.07. The number of carbonyl (C=O) groups is 2. The quantitative estimate of drug-likeness (QED) is 0.484. The molecule has 1 aromatic heterocycles. The van der Waals surface area contributed by atoms with Gasteiger partial charge >= 0.3 is 6.03 Å². The number of hydrogen-bond acceptors (Lipinski definition) is 4. The molecule has 1 heterocycles. The second-order valence-corrected chi connectivity index (χ2v) is 7.69. The van der Waals surface area contributed by atoms with E-state index in [4.69, 9.17) is 11.6 Å². The number of nitrogens with zero attached hydrogens (tertiary/aromatic N) is 2. The first-order valence-corrected chi connectivity index (χ1v) is 10.2. The number of rotatable bonds is 6. The third kappa shape index (κ3) is 4.46. The van der Waals surface area contributed by atoms with Crippen molar-refractivity contribution >= 4 is 29.2 Å². The summed E-state index contributed by atoms with van der Waals surface area (Å²) in [6, 6.07) is 13.0. The first-order valence-electron chi connectivity index (χ1n) is 9.86. The molecule has 0 bridgehead atoms. The van der Waals surface area contributed by atoms with E-state index in [2.05, 4.69) is 22.3 Å². The molecule has 0 spiro atoms. The number of carbonyl (C=O) groups excluding carboxylic acids is 2. The molecule has 2 amide bonds. The van der Waals surface area contributed by atoms with Crippen LogP contribution in [0.5, 0.6) is 5.75 Å². The van der Waals surface area contributed by atoms with Crippen molar-refractivity contribution in [2.45, 2.75) is 18.8 Å². The summed E-state index contributed by atoms with van der Waals surface area (Å²) in [6.45, 7) is 3.94. The molecule has 0 aliphatic heterocycles. The molecule has 8 heteroatoms. The van der Waals surface area contributed by atoms with Crippen molar-refractivity contribution in [3.63, 3.8) is 0 Å². The maximum absolute atomic E-state index is 12.4. The van der Waals surface area contributed by atoms with Crippen molar-refractivity contribution in [2.75, 3.05) is 11.9 Å². The molecule has 31 heavy (non-hydrogen) atoms. The highest BCUT2D eigenvalue weighted by molar-refractivity contribution is 6.34. The van der Waals surface area contributed by atoms with Gasteiger partial charge in [-0.2, -0.15) is 9.78 Å². The SMILES string of the molecule is C=CCNC(=O)n1nc(-c2ccc(NC(=O)c3ccccc3Cl)cc2O)cc1C1CC1. The van der Waals surface area contributed by atoms with Crippen molar-refractivity contribution in [1.29, 1.82) is 0 Å². The Balaban J connectivity index is 1.58. The summed E-state index contributed by atoms with van der Waals surface area (Å²) < 4.78 is 1.35. The van der Waals surface area contributed by atoms with Crippen LogP contribution >= 0.6 is 11.6 Å². The van der Waals surface area contributed by atoms with Gasteiger partial charge in [0.15, 0.2) is 0 Å². The standard InChI is InChI=1S/C23H21ClN4O3/c1-2-11-25-23(31)28-20(14-7-8-14)13-19(27-28)17-10-9-15(12-21(17)29)26-22(30)16-5-3-4-6-18(16)24/h2-6,9-10,12-14,29H,1,7-8,11H2,(H,25,31)(H,26,30). The molecule has 1 aliphatic carbocycles. The second-order valence-electron chi connectivity index (χ2n) is 7.28. The maximum Gasteiger partial charge on any atom is 0.342 e. The molecule has 0 atom stereocenters. The van der Waals surface area contributed by atoms with Crippen molar-refractivity contribution in [2.24, 2.45) is 0 Å².